The van der Waals surface area contributed by atoms with Gasteiger partial charge in [-0.2, -0.15) is 0 Å². The van der Waals surface area contributed by atoms with Crippen molar-refractivity contribution in [2.75, 3.05) is 19.7 Å². The van der Waals surface area contributed by atoms with E-state index in [0.29, 0.717) is 12.5 Å². The van der Waals surface area contributed by atoms with Crippen LogP contribution in [-0.4, -0.2) is 24.8 Å². The highest BCUT2D eigenvalue weighted by Gasteiger charge is 2.05. The largest absolute Gasteiger partial charge is 0.396 e. The van der Waals surface area contributed by atoms with Crippen LogP contribution in [0.25, 0.3) is 0 Å². The molecule has 0 saturated heterocycles. The summed E-state index contributed by atoms with van der Waals surface area (Å²) in [6, 6.07) is 0. The van der Waals surface area contributed by atoms with Crippen molar-refractivity contribution in [2.24, 2.45) is 5.92 Å². The van der Waals surface area contributed by atoms with Crippen LogP contribution < -0.4 is 5.32 Å². The lowest BCUT2D eigenvalue weighted by Crippen LogP contribution is -2.25. The fourth-order valence-electron chi connectivity index (χ4n) is 1.42. The van der Waals surface area contributed by atoms with Gasteiger partial charge < -0.3 is 10.4 Å². The minimum absolute atomic E-state index is 0.334. The van der Waals surface area contributed by atoms with Crippen LogP contribution in [0.2, 0.25) is 0 Å². The van der Waals surface area contributed by atoms with E-state index in [1.807, 2.05) is 0 Å². The second-order valence-corrected chi connectivity index (χ2v) is 3.75. The molecule has 0 aliphatic heterocycles. The van der Waals surface area contributed by atoms with E-state index in [2.05, 4.69) is 19.2 Å². The lowest BCUT2D eigenvalue weighted by atomic mass is 10.0. The number of rotatable bonds is 9. The number of aliphatic hydroxyl groups is 1. The highest BCUT2D eigenvalue weighted by molar-refractivity contribution is 4.61. The Labute approximate surface area is 82.7 Å². The van der Waals surface area contributed by atoms with Crippen LogP contribution in [-0.2, 0) is 0 Å². The van der Waals surface area contributed by atoms with Crippen LogP contribution in [0.15, 0.2) is 0 Å². The SMILES string of the molecule is CCCCCC(CO)CNCCC. The summed E-state index contributed by atoms with van der Waals surface area (Å²) in [4.78, 5) is 0. The predicted octanol–water partition coefficient (Wildman–Crippen LogP) is 2.17. The first kappa shape index (κ1) is 12.9. The maximum Gasteiger partial charge on any atom is 0.0471 e. The Balaban J connectivity index is 3.28. The number of aliphatic hydroxyl groups excluding tert-OH is 1. The summed E-state index contributed by atoms with van der Waals surface area (Å²) >= 11 is 0. The number of hydrogen-bond acceptors (Lipinski definition) is 2. The summed E-state index contributed by atoms with van der Waals surface area (Å²) in [6.45, 7) is 6.76. The molecule has 0 aromatic rings. The van der Waals surface area contributed by atoms with Crippen molar-refractivity contribution >= 4 is 0 Å². The summed E-state index contributed by atoms with van der Waals surface area (Å²) in [5.41, 5.74) is 0. The van der Waals surface area contributed by atoms with Crippen LogP contribution in [0.5, 0.6) is 0 Å². The predicted molar refractivity (Wildman–Crippen MR) is 57.9 cm³/mol. The summed E-state index contributed by atoms with van der Waals surface area (Å²) in [6.07, 6.45) is 6.16. The van der Waals surface area contributed by atoms with Crippen molar-refractivity contribution in [2.45, 2.75) is 46.0 Å². The van der Waals surface area contributed by atoms with E-state index in [4.69, 9.17) is 5.11 Å². The van der Waals surface area contributed by atoms with E-state index in [1.54, 1.807) is 0 Å². The average molecular weight is 187 g/mol. The van der Waals surface area contributed by atoms with Crippen LogP contribution in [0.1, 0.15) is 46.0 Å². The summed E-state index contributed by atoms with van der Waals surface area (Å²) < 4.78 is 0. The fourth-order valence-corrected chi connectivity index (χ4v) is 1.42. The molecule has 0 heterocycles. The van der Waals surface area contributed by atoms with E-state index in [-0.39, 0.29) is 0 Å². The minimum atomic E-state index is 0.334. The molecule has 0 aliphatic rings. The van der Waals surface area contributed by atoms with E-state index in [1.165, 1.54) is 32.1 Å². The zero-order valence-electron chi connectivity index (χ0n) is 9.18. The van der Waals surface area contributed by atoms with Gasteiger partial charge in [0.1, 0.15) is 0 Å². The van der Waals surface area contributed by atoms with Gasteiger partial charge in [-0.15, -0.1) is 0 Å². The third-order valence-electron chi connectivity index (χ3n) is 2.33. The van der Waals surface area contributed by atoms with Crippen molar-refractivity contribution < 1.29 is 5.11 Å². The third-order valence-corrected chi connectivity index (χ3v) is 2.33. The Kier molecular flexibility index (Phi) is 9.94. The van der Waals surface area contributed by atoms with E-state index in [9.17, 15) is 0 Å². The Morgan fingerprint density at radius 2 is 1.92 bits per heavy atom. The molecule has 0 bridgehead atoms. The van der Waals surface area contributed by atoms with Crippen molar-refractivity contribution in [1.29, 1.82) is 0 Å². The zero-order chi connectivity index (χ0) is 9.94. The maximum atomic E-state index is 9.08. The quantitative estimate of drug-likeness (QED) is 0.542. The molecule has 0 aliphatic carbocycles. The molecule has 0 spiro atoms. The van der Waals surface area contributed by atoms with E-state index < -0.39 is 0 Å². The average Bonchev–Trinajstić information content (AvgIpc) is 2.16. The smallest absolute Gasteiger partial charge is 0.0471 e. The first-order valence-electron chi connectivity index (χ1n) is 5.66. The van der Waals surface area contributed by atoms with Crippen LogP contribution in [0.3, 0.4) is 0 Å². The molecule has 0 saturated carbocycles. The molecule has 0 amide bonds. The highest BCUT2D eigenvalue weighted by atomic mass is 16.3. The van der Waals surface area contributed by atoms with Gasteiger partial charge in [0.05, 0.1) is 0 Å². The van der Waals surface area contributed by atoms with Gasteiger partial charge in [0.25, 0.3) is 0 Å². The highest BCUT2D eigenvalue weighted by Crippen LogP contribution is 2.08. The Bertz CT molecular complexity index is 86.1. The molecule has 13 heavy (non-hydrogen) atoms. The Morgan fingerprint density at radius 3 is 2.46 bits per heavy atom. The minimum Gasteiger partial charge on any atom is -0.396 e. The lowest BCUT2D eigenvalue weighted by Gasteiger charge is -2.14. The second-order valence-electron chi connectivity index (χ2n) is 3.75. The van der Waals surface area contributed by atoms with Gasteiger partial charge in [-0.1, -0.05) is 33.1 Å². The monoisotopic (exact) mass is 187 g/mol. The molecule has 2 heteroatoms. The molecule has 2 N–H and O–H groups in total. The fraction of sp³-hybridized carbons (Fsp3) is 1.00. The molecule has 0 aromatic heterocycles. The summed E-state index contributed by atoms with van der Waals surface area (Å²) in [7, 11) is 0. The standard InChI is InChI=1S/C11H25NO/c1-3-5-6-7-11(10-13)9-12-8-4-2/h11-13H,3-10H2,1-2H3. The first-order chi connectivity index (χ1) is 6.35. The molecular weight excluding hydrogens is 162 g/mol. The van der Waals surface area contributed by atoms with Crippen LogP contribution >= 0.6 is 0 Å². The van der Waals surface area contributed by atoms with Gasteiger partial charge in [0.15, 0.2) is 0 Å². The number of hydrogen-bond donors (Lipinski definition) is 2. The lowest BCUT2D eigenvalue weighted by molar-refractivity contribution is 0.212. The molecule has 0 radical (unpaired) electrons. The zero-order valence-corrected chi connectivity index (χ0v) is 9.18. The van der Waals surface area contributed by atoms with Crippen molar-refractivity contribution in [3.8, 4) is 0 Å². The number of unbranched alkanes of at least 4 members (excludes halogenated alkanes) is 2. The van der Waals surface area contributed by atoms with E-state index >= 15 is 0 Å². The van der Waals surface area contributed by atoms with Crippen LogP contribution in [0, 0.1) is 5.92 Å². The molecule has 2 nitrogen and oxygen atoms in total. The van der Waals surface area contributed by atoms with Crippen LogP contribution in [0.4, 0.5) is 0 Å². The number of nitrogens with one attached hydrogen (secondary N) is 1. The third kappa shape index (κ3) is 8.26. The van der Waals surface area contributed by atoms with Gasteiger partial charge in [-0.3, -0.25) is 0 Å². The molecule has 0 fully saturated rings. The molecular formula is C11H25NO. The van der Waals surface area contributed by atoms with Gasteiger partial charge in [0, 0.05) is 13.2 Å². The van der Waals surface area contributed by atoms with Gasteiger partial charge in [-0.25, -0.2) is 0 Å². The molecule has 1 unspecified atom stereocenters. The molecule has 0 rings (SSSR count). The van der Waals surface area contributed by atoms with Gasteiger partial charge >= 0.3 is 0 Å². The Morgan fingerprint density at radius 1 is 1.15 bits per heavy atom. The molecule has 0 aromatic carbocycles. The second kappa shape index (κ2) is 10.0. The summed E-state index contributed by atoms with van der Waals surface area (Å²) in [5.74, 6) is 0.470. The maximum absolute atomic E-state index is 9.08. The summed E-state index contributed by atoms with van der Waals surface area (Å²) in [5, 5.41) is 12.4. The van der Waals surface area contributed by atoms with Gasteiger partial charge in [0.2, 0.25) is 0 Å². The Hall–Kier alpha value is -0.0800. The topological polar surface area (TPSA) is 32.3 Å². The van der Waals surface area contributed by atoms with Gasteiger partial charge in [-0.05, 0) is 25.3 Å². The normalized spacial score (nSPS) is 13.2. The van der Waals surface area contributed by atoms with Crippen molar-refractivity contribution in [3.05, 3.63) is 0 Å². The first-order valence-corrected chi connectivity index (χ1v) is 5.66. The molecule has 1 atom stereocenters. The molecule has 80 valence electrons. The van der Waals surface area contributed by atoms with E-state index in [0.717, 1.165) is 13.1 Å². The van der Waals surface area contributed by atoms with Crippen molar-refractivity contribution in [1.82, 2.24) is 5.32 Å². The van der Waals surface area contributed by atoms with Crippen molar-refractivity contribution in [3.63, 3.8) is 0 Å².